The number of thiophene rings is 1. The third kappa shape index (κ3) is 4.64. The fraction of sp³-hybridized carbons (Fsp3) is 0.286. The van der Waals surface area contributed by atoms with Crippen molar-refractivity contribution in [3.05, 3.63) is 87.6 Å². The molecular formula is C28H29NO4S. The number of ketones is 1. The molecule has 1 fully saturated rings. The van der Waals surface area contributed by atoms with Gasteiger partial charge in [-0.05, 0) is 53.1 Å². The molecular weight excluding hydrogens is 446 g/mol. The van der Waals surface area contributed by atoms with Crippen LogP contribution in [0, 0.1) is 5.92 Å². The van der Waals surface area contributed by atoms with Gasteiger partial charge in [-0.25, -0.2) is 0 Å². The zero-order valence-electron chi connectivity index (χ0n) is 19.8. The quantitative estimate of drug-likeness (QED) is 0.240. The molecule has 1 saturated heterocycles. The van der Waals surface area contributed by atoms with Gasteiger partial charge in [0.05, 0.1) is 12.2 Å². The summed E-state index contributed by atoms with van der Waals surface area (Å²) in [5, 5.41) is 13.2. The summed E-state index contributed by atoms with van der Waals surface area (Å²) in [5.41, 5.74) is 2.29. The van der Waals surface area contributed by atoms with E-state index in [2.05, 4.69) is 27.7 Å². The fourth-order valence-corrected chi connectivity index (χ4v) is 4.81. The first-order valence-corrected chi connectivity index (χ1v) is 12.3. The van der Waals surface area contributed by atoms with Crippen LogP contribution in [0.1, 0.15) is 55.7 Å². The van der Waals surface area contributed by atoms with E-state index in [4.69, 9.17) is 4.74 Å². The molecule has 1 N–H and O–H groups in total. The van der Waals surface area contributed by atoms with Crippen molar-refractivity contribution in [1.82, 2.24) is 0 Å². The van der Waals surface area contributed by atoms with Crippen LogP contribution in [-0.4, -0.2) is 23.4 Å². The highest BCUT2D eigenvalue weighted by Crippen LogP contribution is 2.43. The van der Waals surface area contributed by atoms with Crippen molar-refractivity contribution >= 4 is 34.5 Å². The van der Waals surface area contributed by atoms with E-state index >= 15 is 0 Å². The Bertz CT molecular complexity index is 1210. The van der Waals surface area contributed by atoms with Gasteiger partial charge >= 0.3 is 0 Å². The lowest BCUT2D eigenvalue weighted by Gasteiger charge is -2.24. The number of carbonyl (C=O) groups is 2. The van der Waals surface area contributed by atoms with Crippen molar-refractivity contribution in [2.45, 2.75) is 39.7 Å². The SMILES string of the molecule is CC(C)COc1cccc(/C(O)=C2/C(=O)C(=O)N(c3ccc(C(C)C)cc3)C2c2cccs2)c1. The van der Waals surface area contributed by atoms with E-state index in [0.29, 0.717) is 35.4 Å². The Kier molecular flexibility index (Phi) is 6.89. The van der Waals surface area contributed by atoms with Gasteiger partial charge in [0.15, 0.2) is 0 Å². The summed E-state index contributed by atoms with van der Waals surface area (Å²) in [6, 6.07) is 17.7. The van der Waals surface area contributed by atoms with Gasteiger partial charge in [-0.3, -0.25) is 14.5 Å². The average Bonchev–Trinajstić information content (AvgIpc) is 3.44. The summed E-state index contributed by atoms with van der Waals surface area (Å²) in [6.45, 7) is 8.86. The van der Waals surface area contributed by atoms with Crippen molar-refractivity contribution in [3.63, 3.8) is 0 Å². The Morgan fingerprint density at radius 3 is 2.38 bits per heavy atom. The number of benzene rings is 2. The van der Waals surface area contributed by atoms with Gasteiger partial charge in [-0.15, -0.1) is 11.3 Å². The number of aliphatic hydroxyl groups excluding tert-OH is 1. The summed E-state index contributed by atoms with van der Waals surface area (Å²) in [6.07, 6.45) is 0. The lowest BCUT2D eigenvalue weighted by atomic mass is 9.99. The van der Waals surface area contributed by atoms with E-state index in [1.165, 1.54) is 16.2 Å². The minimum Gasteiger partial charge on any atom is -0.507 e. The number of amides is 1. The predicted octanol–water partition coefficient (Wildman–Crippen LogP) is 6.53. The molecule has 4 rings (SSSR count). The zero-order chi connectivity index (χ0) is 24.4. The number of carbonyl (C=O) groups excluding carboxylic acids is 2. The molecule has 176 valence electrons. The van der Waals surface area contributed by atoms with Crippen molar-refractivity contribution in [1.29, 1.82) is 0 Å². The highest BCUT2D eigenvalue weighted by Gasteiger charge is 2.47. The molecule has 0 bridgehead atoms. The molecule has 1 aliphatic heterocycles. The van der Waals surface area contributed by atoms with Gasteiger partial charge in [-0.1, -0.05) is 58.0 Å². The number of hydrogen-bond donors (Lipinski definition) is 1. The van der Waals surface area contributed by atoms with Crippen LogP contribution in [-0.2, 0) is 9.59 Å². The Hall–Kier alpha value is -3.38. The first kappa shape index (κ1) is 23.8. The number of aliphatic hydroxyl groups is 1. The summed E-state index contributed by atoms with van der Waals surface area (Å²) in [7, 11) is 0. The maximum Gasteiger partial charge on any atom is 0.300 e. The predicted molar refractivity (Wildman–Crippen MR) is 136 cm³/mol. The third-order valence-electron chi connectivity index (χ3n) is 5.79. The second-order valence-corrected chi connectivity index (χ2v) is 10.1. The summed E-state index contributed by atoms with van der Waals surface area (Å²) in [5.74, 6) is -0.245. The van der Waals surface area contributed by atoms with Gasteiger partial charge in [0, 0.05) is 16.1 Å². The standard InChI is InChI=1S/C28H29NO4S/c1-17(2)16-33-22-8-5-7-20(15-22)26(30)24-25(23-9-6-14-34-23)29(28(32)27(24)31)21-12-10-19(11-13-21)18(3)4/h5-15,17-18,25,30H,16H2,1-4H3/b26-24-. The van der Waals surface area contributed by atoms with E-state index in [-0.39, 0.29) is 11.3 Å². The maximum atomic E-state index is 13.2. The summed E-state index contributed by atoms with van der Waals surface area (Å²) >= 11 is 1.45. The second-order valence-electron chi connectivity index (χ2n) is 9.16. The van der Waals surface area contributed by atoms with Crippen LogP contribution in [0.3, 0.4) is 0 Å². The second kappa shape index (κ2) is 9.85. The number of nitrogens with zero attached hydrogens (tertiary/aromatic N) is 1. The number of hydrogen-bond acceptors (Lipinski definition) is 5. The molecule has 1 amide bonds. The molecule has 2 aromatic carbocycles. The van der Waals surface area contributed by atoms with Gasteiger partial charge in [0.1, 0.15) is 17.6 Å². The third-order valence-corrected chi connectivity index (χ3v) is 6.71. The molecule has 1 unspecified atom stereocenters. The molecule has 6 heteroatoms. The van der Waals surface area contributed by atoms with Crippen molar-refractivity contribution in [2.24, 2.45) is 5.92 Å². The number of rotatable bonds is 7. The van der Waals surface area contributed by atoms with Crippen LogP contribution in [0.5, 0.6) is 5.75 Å². The minimum atomic E-state index is -0.704. The van der Waals surface area contributed by atoms with Crippen LogP contribution in [0.2, 0.25) is 0 Å². The highest BCUT2D eigenvalue weighted by atomic mass is 32.1. The van der Waals surface area contributed by atoms with Crippen LogP contribution in [0.15, 0.2) is 71.6 Å². The number of ether oxygens (including phenoxy) is 1. The van der Waals surface area contributed by atoms with E-state index in [9.17, 15) is 14.7 Å². The van der Waals surface area contributed by atoms with E-state index < -0.39 is 17.7 Å². The molecule has 1 atom stereocenters. The highest BCUT2D eigenvalue weighted by molar-refractivity contribution is 7.10. The average molecular weight is 476 g/mol. The van der Waals surface area contributed by atoms with Crippen LogP contribution < -0.4 is 9.64 Å². The Labute approximate surface area is 204 Å². The first-order valence-electron chi connectivity index (χ1n) is 11.5. The van der Waals surface area contributed by atoms with Crippen LogP contribution in [0.4, 0.5) is 5.69 Å². The monoisotopic (exact) mass is 475 g/mol. The van der Waals surface area contributed by atoms with Gasteiger partial charge in [0.2, 0.25) is 0 Å². The Morgan fingerprint density at radius 2 is 1.76 bits per heavy atom. The fourth-order valence-electron chi connectivity index (χ4n) is 3.99. The molecule has 0 aliphatic carbocycles. The van der Waals surface area contributed by atoms with Crippen LogP contribution in [0.25, 0.3) is 5.76 Å². The van der Waals surface area contributed by atoms with Crippen molar-refractivity contribution in [3.8, 4) is 5.75 Å². The molecule has 2 heterocycles. The van der Waals surface area contributed by atoms with Gasteiger partial charge in [0.25, 0.3) is 11.7 Å². The molecule has 1 aromatic heterocycles. The molecule has 3 aromatic rings. The molecule has 0 radical (unpaired) electrons. The normalized spacial score (nSPS) is 17.7. The molecule has 0 spiro atoms. The van der Waals surface area contributed by atoms with E-state index in [1.54, 1.807) is 18.2 Å². The topological polar surface area (TPSA) is 66.8 Å². The first-order chi connectivity index (χ1) is 16.3. The summed E-state index contributed by atoms with van der Waals surface area (Å²) < 4.78 is 5.79. The minimum absolute atomic E-state index is 0.0846. The maximum absolute atomic E-state index is 13.2. The number of anilines is 1. The lowest BCUT2D eigenvalue weighted by Crippen LogP contribution is -2.29. The van der Waals surface area contributed by atoms with Gasteiger partial charge < -0.3 is 9.84 Å². The number of Topliss-reactive ketones (excluding diaryl/α,β-unsaturated/α-hetero) is 1. The Balaban J connectivity index is 1.80. The van der Waals surface area contributed by atoms with E-state index in [1.807, 2.05) is 47.8 Å². The molecule has 34 heavy (non-hydrogen) atoms. The zero-order valence-corrected chi connectivity index (χ0v) is 20.6. The smallest absolute Gasteiger partial charge is 0.300 e. The largest absolute Gasteiger partial charge is 0.507 e. The van der Waals surface area contributed by atoms with Crippen molar-refractivity contribution in [2.75, 3.05) is 11.5 Å². The molecule has 0 saturated carbocycles. The summed E-state index contributed by atoms with van der Waals surface area (Å²) in [4.78, 5) is 28.8. The van der Waals surface area contributed by atoms with Crippen molar-refractivity contribution < 1.29 is 19.4 Å². The molecule has 5 nitrogen and oxygen atoms in total. The molecule has 1 aliphatic rings. The lowest BCUT2D eigenvalue weighted by molar-refractivity contribution is -0.132. The van der Waals surface area contributed by atoms with Gasteiger partial charge in [-0.2, -0.15) is 0 Å². The van der Waals surface area contributed by atoms with Crippen LogP contribution >= 0.6 is 11.3 Å². The van der Waals surface area contributed by atoms with E-state index in [0.717, 1.165) is 10.4 Å². The Morgan fingerprint density at radius 1 is 1.03 bits per heavy atom.